The number of rotatable bonds is 1. The number of carbonyl (C=O) groups excluding carboxylic acids is 1. The highest BCUT2D eigenvalue weighted by atomic mass is 16.2. The summed E-state index contributed by atoms with van der Waals surface area (Å²) < 4.78 is 7.76. The Hall–Kier alpha value is -1.55. The van der Waals surface area contributed by atoms with E-state index in [9.17, 15) is 4.79 Å². The average molecular weight is 260 g/mol. The second kappa shape index (κ2) is 4.85. The molecule has 0 spiro atoms. The summed E-state index contributed by atoms with van der Waals surface area (Å²) in [6, 6.07) is 6.46. The quantitative estimate of drug-likeness (QED) is 0.813. The summed E-state index contributed by atoms with van der Waals surface area (Å²) >= 11 is 0. The summed E-state index contributed by atoms with van der Waals surface area (Å²) in [5, 5.41) is 4.63. The first-order valence-corrected chi connectivity index (χ1v) is 6.95. The first kappa shape index (κ1) is 11.3. The number of hydrogen-bond donors (Lipinski definition) is 2. The van der Waals surface area contributed by atoms with Gasteiger partial charge in [0.05, 0.1) is 0 Å². The Morgan fingerprint density at radius 3 is 2.74 bits per heavy atom. The minimum absolute atomic E-state index is 0.0145. The molecule has 0 saturated carbocycles. The van der Waals surface area contributed by atoms with Gasteiger partial charge in [-0.15, -0.1) is 0 Å². The van der Waals surface area contributed by atoms with Crippen molar-refractivity contribution < 1.29 is 6.21 Å². The fourth-order valence-corrected chi connectivity index (χ4v) is 3.07. The topological polar surface area (TPSA) is 44.4 Å². The van der Waals surface area contributed by atoms with Crippen LogP contribution in [0.5, 0.6) is 0 Å². The van der Waals surface area contributed by atoms with Gasteiger partial charge in [-0.1, -0.05) is 12.1 Å². The highest BCUT2D eigenvalue weighted by Gasteiger charge is 2.39. The fraction of sp³-hybridized carbons (Fsp3) is 0.533. The second-order valence-electron chi connectivity index (χ2n) is 5.63. The van der Waals surface area contributed by atoms with Crippen LogP contribution in [0.25, 0.3) is 0 Å². The Labute approximate surface area is 115 Å². The van der Waals surface area contributed by atoms with Crippen molar-refractivity contribution in [1.29, 1.82) is 0 Å². The molecular weight excluding hydrogens is 238 g/mol. The van der Waals surface area contributed by atoms with Crippen LogP contribution in [0.3, 0.4) is 0 Å². The molecule has 2 aliphatic rings. The zero-order valence-electron chi connectivity index (χ0n) is 12.5. The van der Waals surface area contributed by atoms with Crippen molar-refractivity contribution in [2.24, 2.45) is 0 Å². The lowest BCUT2D eigenvalue weighted by Gasteiger charge is -2.35. The molecule has 2 heterocycles. The van der Waals surface area contributed by atoms with Crippen molar-refractivity contribution in [1.82, 2.24) is 10.2 Å². The van der Waals surface area contributed by atoms with Gasteiger partial charge in [-0.05, 0) is 43.9 Å². The Bertz CT molecular complexity index is 520. The van der Waals surface area contributed by atoms with Crippen LogP contribution < -0.4 is 10.6 Å². The molecule has 2 amide bonds. The lowest BCUT2D eigenvalue weighted by atomic mass is 10.1. The van der Waals surface area contributed by atoms with Crippen molar-refractivity contribution in [2.45, 2.75) is 38.8 Å². The maximum absolute atomic E-state index is 12.5. The van der Waals surface area contributed by atoms with Crippen molar-refractivity contribution in [3.63, 3.8) is 0 Å². The van der Waals surface area contributed by atoms with Crippen LogP contribution >= 0.6 is 0 Å². The molecule has 2 bridgehead atoms. The Morgan fingerprint density at radius 1 is 1.37 bits per heavy atom. The molecule has 1 aromatic rings. The largest absolute Gasteiger partial charge is 0.322 e. The predicted octanol–water partition coefficient (Wildman–Crippen LogP) is 2.27. The molecule has 0 aliphatic carbocycles. The van der Waals surface area contributed by atoms with Crippen LogP contribution in [0.1, 0.15) is 24.0 Å². The van der Waals surface area contributed by atoms with E-state index in [1.807, 2.05) is 36.9 Å². The smallest absolute Gasteiger partial charge is 0.316 e. The number of nitrogens with one attached hydrogen (secondary N) is 2. The van der Waals surface area contributed by atoms with E-state index in [1.54, 1.807) is 5.31 Å². The van der Waals surface area contributed by atoms with Gasteiger partial charge < -0.3 is 15.5 Å². The molecule has 2 fully saturated rings. The van der Waals surface area contributed by atoms with Gasteiger partial charge in [0, 0.05) is 30.9 Å². The highest BCUT2D eigenvalue weighted by Crippen LogP contribution is 2.27. The number of amides is 2. The molecule has 2 aliphatic heterocycles. The van der Waals surface area contributed by atoms with E-state index in [0.717, 1.165) is 29.7 Å². The number of urea groups is 1. The Kier molecular flexibility index (Phi) is 2.88. The van der Waals surface area contributed by atoms with Crippen LogP contribution in [0.2, 0.25) is 1.41 Å². The van der Waals surface area contributed by atoms with Crippen molar-refractivity contribution in [3.8, 4) is 0 Å². The molecule has 4 nitrogen and oxygen atoms in total. The molecule has 2 saturated heterocycles. The zero-order chi connectivity index (χ0) is 14.3. The van der Waals surface area contributed by atoms with Crippen LogP contribution in [0.4, 0.5) is 10.5 Å². The molecule has 0 aromatic heterocycles. The number of carbonyl (C=O) groups is 1. The van der Waals surface area contributed by atoms with Crippen molar-refractivity contribution in [2.75, 3.05) is 18.4 Å². The van der Waals surface area contributed by atoms with E-state index in [4.69, 9.17) is 1.41 Å². The van der Waals surface area contributed by atoms with Gasteiger partial charge in [0.1, 0.15) is 1.41 Å². The van der Waals surface area contributed by atoms with E-state index in [2.05, 4.69) is 5.32 Å². The molecule has 102 valence electrons. The molecular formula is C15H21N3O. The number of aryl methyl sites for hydroxylation is 2. The third-order valence-corrected chi connectivity index (χ3v) is 4.17. The lowest BCUT2D eigenvalue weighted by Crippen LogP contribution is -2.55. The number of fused-ring (bicyclic) bond motifs is 2. The van der Waals surface area contributed by atoms with Gasteiger partial charge in [0.2, 0.25) is 0 Å². The molecule has 3 rings (SSSR count). The molecule has 2 N–H and O–H groups in total. The van der Waals surface area contributed by atoms with Crippen LogP contribution in [-0.2, 0) is 0 Å². The zero-order valence-corrected chi connectivity index (χ0v) is 11.5. The maximum atomic E-state index is 12.5. The number of piperazine rings is 1. The van der Waals surface area contributed by atoms with E-state index in [0.29, 0.717) is 13.1 Å². The Balaban J connectivity index is 1.75. The highest BCUT2D eigenvalue weighted by molar-refractivity contribution is 5.91. The number of benzene rings is 1. The summed E-state index contributed by atoms with van der Waals surface area (Å²) in [5.74, 6) is 0. The first-order chi connectivity index (χ1) is 9.54. The number of hydrogen-bond acceptors (Lipinski definition) is 2. The van der Waals surface area contributed by atoms with Gasteiger partial charge in [0.25, 0.3) is 0 Å². The fourth-order valence-electron chi connectivity index (χ4n) is 3.07. The summed E-state index contributed by atoms with van der Waals surface area (Å²) in [6.07, 6.45) is 2.03. The van der Waals surface area contributed by atoms with E-state index in [1.165, 1.54) is 0 Å². The second-order valence-corrected chi connectivity index (χ2v) is 5.63. The molecule has 19 heavy (non-hydrogen) atoms. The normalized spacial score (nSPS) is 27.3. The molecule has 4 heteroatoms. The van der Waals surface area contributed by atoms with Crippen molar-refractivity contribution in [3.05, 3.63) is 29.3 Å². The Morgan fingerprint density at radius 2 is 2.05 bits per heavy atom. The number of anilines is 1. The monoisotopic (exact) mass is 260 g/mol. The third-order valence-electron chi connectivity index (χ3n) is 4.17. The maximum Gasteiger partial charge on any atom is 0.322 e. The predicted molar refractivity (Wildman–Crippen MR) is 76.5 cm³/mol. The lowest BCUT2D eigenvalue weighted by molar-refractivity contribution is 0.167. The van der Waals surface area contributed by atoms with Crippen LogP contribution in [0, 0.1) is 13.8 Å². The van der Waals surface area contributed by atoms with Crippen LogP contribution in [-0.4, -0.2) is 36.1 Å². The number of nitrogens with zero attached hydrogens (tertiary/aromatic N) is 1. The van der Waals surface area contributed by atoms with Gasteiger partial charge in [-0.3, -0.25) is 0 Å². The van der Waals surface area contributed by atoms with Crippen molar-refractivity contribution >= 4 is 11.7 Å². The van der Waals surface area contributed by atoms with E-state index >= 15 is 0 Å². The van der Waals surface area contributed by atoms with Gasteiger partial charge >= 0.3 is 6.03 Å². The molecule has 0 radical (unpaired) electrons. The summed E-state index contributed by atoms with van der Waals surface area (Å²) in [5.41, 5.74) is 3.11. The third kappa shape index (κ3) is 2.32. The minimum atomic E-state index is -0.0145. The molecule has 2 atom stereocenters. The first-order valence-electron chi connectivity index (χ1n) is 7.39. The van der Waals surface area contributed by atoms with Gasteiger partial charge in [-0.2, -0.15) is 0 Å². The summed E-state index contributed by atoms with van der Waals surface area (Å²) in [6.45, 7) is 5.36. The summed E-state index contributed by atoms with van der Waals surface area (Å²) in [4.78, 5) is 14.5. The average Bonchev–Trinajstić information content (AvgIpc) is 2.66. The van der Waals surface area contributed by atoms with E-state index in [-0.39, 0.29) is 18.1 Å². The van der Waals surface area contributed by atoms with E-state index < -0.39 is 0 Å². The summed E-state index contributed by atoms with van der Waals surface area (Å²) in [7, 11) is 0. The SMILES string of the molecule is [2H]N1CC2CCC(C1)N2C(=O)Nc1cc(C)ccc1C. The minimum Gasteiger partial charge on any atom is -0.316 e. The standard InChI is InChI=1S/C15H21N3O/c1-10-3-4-11(2)14(7-10)17-15(19)18-12-5-6-13(18)9-16-8-12/h3-4,7,12-13,16H,5-6,8-9H2,1-2H3,(H,17,19)/i/hD. The van der Waals surface area contributed by atoms with Gasteiger partial charge in [-0.25, -0.2) is 4.79 Å². The van der Waals surface area contributed by atoms with Gasteiger partial charge in [0.15, 0.2) is 0 Å². The molecule has 1 aromatic carbocycles. The van der Waals surface area contributed by atoms with Crippen LogP contribution in [0.15, 0.2) is 18.2 Å². The molecule has 2 unspecified atom stereocenters.